The number of aryl methyl sites for hydroxylation is 1. The summed E-state index contributed by atoms with van der Waals surface area (Å²) in [5, 5.41) is 7.29. The summed E-state index contributed by atoms with van der Waals surface area (Å²) in [6.07, 6.45) is 4.17. The number of hydrazine groups is 1. The van der Waals surface area contributed by atoms with E-state index >= 15 is 0 Å². The second kappa shape index (κ2) is 8.46. The fraction of sp³-hybridized carbons (Fsp3) is 0.273. The van der Waals surface area contributed by atoms with Crippen LogP contribution in [0.4, 0.5) is 5.69 Å². The highest BCUT2D eigenvalue weighted by molar-refractivity contribution is 5.94. The number of carbonyl (C=O) groups is 1. The molecular formula is C22H25N5O2. The van der Waals surface area contributed by atoms with E-state index in [-0.39, 0.29) is 18.0 Å². The third-order valence-electron chi connectivity index (χ3n) is 5.08. The van der Waals surface area contributed by atoms with E-state index in [1.165, 1.54) is 11.1 Å². The zero-order valence-electron chi connectivity index (χ0n) is 16.6. The summed E-state index contributed by atoms with van der Waals surface area (Å²) in [4.78, 5) is 12.6. The van der Waals surface area contributed by atoms with Crippen LogP contribution in [-0.2, 0) is 11.3 Å². The number of carbonyl (C=O) groups excluding carboxylic acids is 1. The van der Waals surface area contributed by atoms with Crippen molar-refractivity contribution < 1.29 is 9.53 Å². The number of methoxy groups -OCH3 is 1. The first-order valence-electron chi connectivity index (χ1n) is 9.64. The Kier molecular flexibility index (Phi) is 5.59. The molecule has 0 aliphatic carbocycles. The van der Waals surface area contributed by atoms with Crippen LogP contribution in [0.2, 0.25) is 0 Å². The fourth-order valence-electron chi connectivity index (χ4n) is 3.43. The predicted octanol–water partition coefficient (Wildman–Crippen LogP) is 2.79. The number of ether oxygens (including phenoxy) is 1. The summed E-state index contributed by atoms with van der Waals surface area (Å²) in [6.45, 7) is 2.73. The number of hydrogen-bond acceptors (Lipinski definition) is 5. The minimum absolute atomic E-state index is 0.0464. The van der Waals surface area contributed by atoms with Crippen molar-refractivity contribution in [3.63, 3.8) is 0 Å². The van der Waals surface area contributed by atoms with Gasteiger partial charge in [0.05, 0.1) is 25.5 Å². The molecular weight excluding hydrogens is 366 g/mol. The van der Waals surface area contributed by atoms with Gasteiger partial charge < -0.3 is 10.1 Å². The van der Waals surface area contributed by atoms with Gasteiger partial charge in [-0.1, -0.05) is 42.0 Å². The topological polar surface area (TPSA) is 80.2 Å². The summed E-state index contributed by atoms with van der Waals surface area (Å²) < 4.78 is 7.10. The monoisotopic (exact) mass is 391 g/mol. The highest BCUT2D eigenvalue weighted by Gasteiger charge is 2.30. The predicted molar refractivity (Wildman–Crippen MR) is 112 cm³/mol. The van der Waals surface area contributed by atoms with E-state index in [1.807, 2.05) is 35.1 Å². The molecule has 0 bridgehead atoms. The summed E-state index contributed by atoms with van der Waals surface area (Å²) in [5.41, 5.74) is 10.4. The van der Waals surface area contributed by atoms with Gasteiger partial charge in [-0.25, -0.2) is 10.9 Å². The number of aromatic nitrogens is 2. The quantitative estimate of drug-likeness (QED) is 0.602. The normalized spacial score (nSPS) is 18.6. The maximum Gasteiger partial charge on any atom is 0.243 e. The Balaban J connectivity index is 1.34. The molecule has 150 valence electrons. The van der Waals surface area contributed by atoms with Crippen LogP contribution in [0.1, 0.15) is 29.2 Å². The number of amides is 1. The Morgan fingerprint density at radius 3 is 2.86 bits per heavy atom. The van der Waals surface area contributed by atoms with Gasteiger partial charge >= 0.3 is 0 Å². The first-order valence-corrected chi connectivity index (χ1v) is 9.64. The van der Waals surface area contributed by atoms with E-state index in [1.54, 1.807) is 13.3 Å². The Bertz CT molecular complexity index is 983. The Labute approximate surface area is 170 Å². The standard InChI is InChI=1S/C22H25N5O2/c1-15-6-8-16(9-7-15)13-27-14-18(12-23-27)24-22(28)21-11-20(25-26-21)17-4-3-5-19(10-17)29-2/h3-10,12,14,20-21,25-26H,11,13H2,1-2H3,(H,24,28). The molecule has 0 spiro atoms. The molecule has 1 fully saturated rings. The van der Waals surface area contributed by atoms with Gasteiger partial charge in [-0.15, -0.1) is 0 Å². The molecule has 2 aromatic carbocycles. The van der Waals surface area contributed by atoms with Gasteiger partial charge in [-0.05, 0) is 36.6 Å². The summed E-state index contributed by atoms with van der Waals surface area (Å²) >= 11 is 0. The molecule has 7 heteroatoms. The molecule has 1 aromatic heterocycles. The molecule has 1 aliphatic rings. The molecule has 7 nitrogen and oxygen atoms in total. The number of nitrogens with zero attached hydrogens (tertiary/aromatic N) is 2. The maximum absolute atomic E-state index is 12.6. The Morgan fingerprint density at radius 1 is 1.24 bits per heavy atom. The van der Waals surface area contributed by atoms with Gasteiger partial charge in [0.25, 0.3) is 0 Å². The number of hydrogen-bond donors (Lipinski definition) is 3. The molecule has 1 amide bonds. The van der Waals surface area contributed by atoms with Crippen LogP contribution in [0.25, 0.3) is 0 Å². The van der Waals surface area contributed by atoms with Crippen LogP contribution < -0.4 is 20.9 Å². The first kappa shape index (κ1) is 19.2. The number of nitrogens with one attached hydrogen (secondary N) is 3. The number of rotatable bonds is 6. The van der Waals surface area contributed by atoms with Crippen molar-refractivity contribution in [2.45, 2.75) is 32.0 Å². The summed E-state index contributed by atoms with van der Waals surface area (Å²) in [7, 11) is 1.65. The van der Waals surface area contributed by atoms with Gasteiger partial charge in [0, 0.05) is 12.2 Å². The van der Waals surface area contributed by atoms with Crippen molar-refractivity contribution in [3.8, 4) is 5.75 Å². The van der Waals surface area contributed by atoms with Crippen LogP contribution in [0.5, 0.6) is 5.75 Å². The zero-order valence-corrected chi connectivity index (χ0v) is 16.6. The molecule has 1 aliphatic heterocycles. The molecule has 3 N–H and O–H groups in total. The lowest BCUT2D eigenvalue weighted by Crippen LogP contribution is -2.39. The smallest absolute Gasteiger partial charge is 0.243 e. The Morgan fingerprint density at radius 2 is 2.07 bits per heavy atom. The van der Waals surface area contributed by atoms with Crippen molar-refractivity contribution in [2.24, 2.45) is 0 Å². The second-order valence-electron chi connectivity index (χ2n) is 7.31. The Hall–Kier alpha value is -3.16. The number of anilines is 1. The fourth-order valence-corrected chi connectivity index (χ4v) is 3.43. The lowest BCUT2D eigenvalue weighted by Gasteiger charge is -2.11. The summed E-state index contributed by atoms with van der Waals surface area (Å²) in [6, 6.07) is 15.9. The molecule has 2 unspecified atom stereocenters. The van der Waals surface area contributed by atoms with E-state index in [0.717, 1.165) is 11.3 Å². The van der Waals surface area contributed by atoms with Crippen molar-refractivity contribution >= 4 is 11.6 Å². The second-order valence-corrected chi connectivity index (χ2v) is 7.31. The molecule has 4 rings (SSSR count). The van der Waals surface area contributed by atoms with Crippen LogP contribution in [-0.4, -0.2) is 28.8 Å². The van der Waals surface area contributed by atoms with E-state index < -0.39 is 0 Å². The molecule has 29 heavy (non-hydrogen) atoms. The minimum atomic E-state index is -0.327. The SMILES string of the molecule is COc1cccc(C2CC(C(=O)Nc3cnn(Cc4ccc(C)cc4)c3)NN2)c1. The maximum atomic E-state index is 12.6. The minimum Gasteiger partial charge on any atom is -0.497 e. The lowest BCUT2D eigenvalue weighted by atomic mass is 10.0. The summed E-state index contributed by atoms with van der Waals surface area (Å²) in [5.74, 6) is 0.718. The van der Waals surface area contributed by atoms with Crippen molar-refractivity contribution in [1.82, 2.24) is 20.6 Å². The van der Waals surface area contributed by atoms with Crippen molar-refractivity contribution in [1.29, 1.82) is 0 Å². The van der Waals surface area contributed by atoms with Crippen molar-refractivity contribution in [2.75, 3.05) is 12.4 Å². The van der Waals surface area contributed by atoms with Crippen LogP contribution >= 0.6 is 0 Å². The third-order valence-corrected chi connectivity index (χ3v) is 5.08. The lowest BCUT2D eigenvalue weighted by molar-refractivity contribution is -0.117. The largest absolute Gasteiger partial charge is 0.497 e. The molecule has 2 heterocycles. The molecule has 0 saturated carbocycles. The van der Waals surface area contributed by atoms with E-state index in [9.17, 15) is 4.79 Å². The third kappa shape index (κ3) is 4.64. The van der Waals surface area contributed by atoms with Gasteiger partial charge in [0.15, 0.2) is 0 Å². The van der Waals surface area contributed by atoms with Gasteiger partial charge in [0.2, 0.25) is 5.91 Å². The highest BCUT2D eigenvalue weighted by Crippen LogP contribution is 2.25. The van der Waals surface area contributed by atoms with Crippen LogP contribution in [0.15, 0.2) is 60.9 Å². The van der Waals surface area contributed by atoms with Crippen LogP contribution in [0, 0.1) is 6.92 Å². The molecule has 1 saturated heterocycles. The average molecular weight is 391 g/mol. The first-order chi connectivity index (χ1) is 14.1. The van der Waals surface area contributed by atoms with E-state index in [4.69, 9.17) is 4.74 Å². The van der Waals surface area contributed by atoms with E-state index in [2.05, 4.69) is 52.5 Å². The molecule has 0 radical (unpaired) electrons. The van der Waals surface area contributed by atoms with Gasteiger partial charge in [-0.3, -0.25) is 9.48 Å². The van der Waals surface area contributed by atoms with Gasteiger partial charge in [0.1, 0.15) is 11.8 Å². The average Bonchev–Trinajstić information content (AvgIpc) is 3.40. The number of benzene rings is 2. The van der Waals surface area contributed by atoms with Gasteiger partial charge in [-0.2, -0.15) is 5.10 Å². The highest BCUT2D eigenvalue weighted by atomic mass is 16.5. The zero-order chi connectivity index (χ0) is 20.2. The van der Waals surface area contributed by atoms with Crippen molar-refractivity contribution in [3.05, 3.63) is 77.6 Å². The molecule has 3 aromatic rings. The molecule has 2 atom stereocenters. The van der Waals surface area contributed by atoms with Crippen LogP contribution in [0.3, 0.4) is 0 Å². The van der Waals surface area contributed by atoms with E-state index in [0.29, 0.717) is 18.7 Å².